The van der Waals surface area contributed by atoms with Crippen LogP contribution >= 0.6 is 27.5 Å². The molecule has 1 unspecified atom stereocenters. The van der Waals surface area contributed by atoms with E-state index >= 15 is 0 Å². The molecule has 0 aliphatic carbocycles. The molecular weight excluding hydrogens is 328 g/mol. The molecule has 3 nitrogen and oxygen atoms in total. The van der Waals surface area contributed by atoms with E-state index in [4.69, 9.17) is 11.6 Å². The number of nitrogens with zero attached hydrogens (tertiary/aromatic N) is 2. The van der Waals surface area contributed by atoms with E-state index in [1.54, 1.807) is 19.2 Å². The van der Waals surface area contributed by atoms with Gasteiger partial charge < -0.3 is 5.11 Å². The number of aromatic nitrogens is 2. The smallest absolute Gasteiger partial charge is 0.0886 e. The van der Waals surface area contributed by atoms with Gasteiger partial charge in [0.25, 0.3) is 0 Å². The Balaban J connectivity index is 2.15. The number of aryl methyl sites for hydroxylation is 2. The van der Waals surface area contributed by atoms with Gasteiger partial charge in [0, 0.05) is 34.0 Å². The largest absolute Gasteiger partial charge is 0.385 e. The number of rotatable bonds is 4. The topological polar surface area (TPSA) is 38.0 Å². The van der Waals surface area contributed by atoms with Gasteiger partial charge in [0.15, 0.2) is 0 Å². The predicted octanol–water partition coefficient (Wildman–Crippen LogP) is 3.68. The lowest BCUT2D eigenvalue weighted by Crippen LogP contribution is -2.23. The van der Waals surface area contributed by atoms with Crippen molar-refractivity contribution in [1.82, 2.24) is 9.78 Å². The average Bonchev–Trinajstić information content (AvgIpc) is 2.72. The normalized spacial score (nSPS) is 14.4. The summed E-state index contributed by atoms with van der Waals surface area (Å²) >= 11 is 9.56. The highest BCUT2D eigenvalue weighted by Crippen LogP contribution is 2.33. The van der Waals surface area contributed by atoms with Crippen LogP contribution in [0.15, 0.2) is 34.9 Å². The molecule has 1 N–H and O–H groups in total. The van der Waals surface area contributed by atoms with Crippen LogP contribution in [0.4, 0.5) is 0 Å². The number of aliphatic hydroxyl groups is 1. The first kappa shape index (κ1) is 14.6. The van der Waals surface area contributed by atoms with Gasteiger partial charge >= 0.3 is 0 Å². The molecule has 5 heteroatoms. The number of halogens is 2. The SMILES string of the molecule is Cn1nccc1CCC(C)(O)c1ccc(Br)cc1Cl. The summed E-state index contributed by atoms with van der Waals surface area (Å²) in [5.41, 5.74) is 0.884. The van der Waals surface area contributed by atoms with E-state index in [1.165, 1.54) is 0 Å². The highest BCUT2D eigenvalue weighted by molar-refractivity contribution is 9.10. The van der Waals surface area contributed by atoms with Crippen molar-refractivity contribution in [2.45, 2.75) is 25.4 Å². The molecule has 0 bridgehead atoms. The second-order valence-corrected chi connectivity index (χ2v) is 6.17. The van der Waals surface area contributed by atoms with Crippen molar-refractivity contribution in [2.24, 2.45) is 7.05 Å². The van der Waals surface area contributed by atoms with Crippen molar-refractivity contribution >= 4 is 27.5 Å². The first-order valence-corrected chi connectivity index (χ1v) is 7.22. The van der Waals surface area contributed by atoms with Crippen molar-refractivity contribution in [3.8, 4) is 0 Å². The van der Waals surface area contributed by atoms with Crippen LogP contribution in [-0.4, -0.2) is 14.9 Å². The van der Waals surface area contributed by atoms with Crippen molar-refractivity contribution in [1.29, 1.82) is 0 Å². The molecule has 0 radical (unpaired) electrons. The zero-order chi connectivity index (χ0) is 14.0. The van der Waals surface area contributed by atoms with Gasteiger partial charge in [-0.2, -0.15) is 5.10 Å². The van der Waals surface area contributed by atoms with Crippen molar-refractivity contribution in [3.05, 3.63) is 51.2 Å². The first-order valence-electron chi connectivity index (χ1n) is 6.05. The van der Waals surface area contributed by atoms with Crippen LogP contribution < -0.4 is 0 Å². The molecule has 0 saturated carbocycles. The van der Waals surface area contributed by atoms with Gasteiger partial charge in [-0.25, -0.2) is 0 Å². The van der Waals surface area contributed by atoms with E-state index in [0.29, 0.717) is 11.4 Å². The van der Waals surface area contributed by atoms with Gasteiger partial charge in [0.05, 0.1) is 5.60 Å². The van der Waals surface area contributed by atoms with Gasteiger partial charge in [0.1, 0.15) is 0 Å². The summed E-state index contributed by atoms with van der Waals surface area (Å²) in [5.74, 6) is 0. The summed E-state index contributed by atoms with van der Waals surface area (Å²) in [6, 6.07) is 7.50. The van der Waals surface area contributed by atoms with E-state index in [-0.39, 0.29) is 0 Å². The molecule has 0 aliphatic heterocycles. The minimum absolute atomic E-state index is 0.574. The second-order valence-electron chi connectivity index (χ2n) is 4.84. The Morgan fingerprint density at radius 2 is 2.16 bits per heavy atom. The van der Waals surface area contributed by atoms with E-state index in [9.17, 15) is 5.11 Å². The predicted molar refractivity (Wildman–Crippen MR) is 80.3 cm³/mol. The number of hydrogen-bond donors (Lipinski definition) is 1. The summed E-state index contributed by atoms with van der Waals surface area (Å²) in [7, 11) is 1.90. The van der Waals surface area contributed by atoms with E-state index in [1.807, 2.05) is 29.9 Å². The molecular formula is C14H16BrClN2O. The molecule has 0 aliphatic rings. The third-order valence-corrected chi connectivity index (χ3v) is 4.11. The third kappa shape index (κ3) is 3.38. The van der Waals surface area contributed by atoms with Crippen LogP contribution in [-0.2, 0) is 19.1 Å². The Morgan fingerprint density at radius 1 is 1.42 bits per heavy atom. The lowest BCUT2D eigenvalue weighted by Gasteiger charge is -2.25. The first-order chi connectivity index (χ1) is 8.90. The molecule has 0 amide bonds. The third-order valence-electron chi connectivity index (χ3n) is 3.30. The van der Waals surface area contributed by atoms with Crippen LogP contribution in [0.2, 0.25) is 5.02 Å². The maximum Gasteiger partial charge on any atom is 0.0886 e. The summed E-state index contributed by atoms with van der Waals surface area (Å²) in [5, 5.41) is 15.3. The summed E-state index contributed by atoms with van der Waals surface area (Å²) in [4.78, 5) is 0. The maximum absolute atomic E-state index is 10.6. The molecule has 19 heavy (non-hydrogen) atoms. The minimum Gasteiger partial charge on any atom is -0.385 e. The van der Waals surface area contributed by atoms with Crippen LogP contribution in [0.5, 0.6) is 0 Å². The van der Waals surface area contributed by atoms with Crippen LogP contribution in [0.1, 0.15) is 24.6 Å². The molecule has 0 fully saturated rings. The fraction of sp³-hybridized carbons (Fsp3) is 0.357. The summed E-state index contributed by atoms with van der Waals surface area (Å²) in [6.07, 6.45) is 3.10. The maximum atomic E-state index is 10.6. The second kappa shape index (κ2) is 5.65. The molecule has 1 aromatic carbocycles. The van der Waals surface area contributed by atoms with E-state index < -0.39 is 5.60 Å². The zero-order valence-electron chi connectivity index (χ0n) is 10.9. The number of hydrogen-bond acceptors (Lipinski definition) is 2. The van der Waals surface area contributed by atoms with Crippen molar-refractivity contribution in [3.63, 3.8) is 0 Å². The number of benzene rings is 1. The Kier molecular flexibility index (Phi) is 4.33. The molecule has 1 atom stereocenters. The van der Waals surface area contributed by atoms with E-state index in [0.717, 1.165) is 22.2 Å². The molecule has 2 aromatic rings. The summed E-state index contributed by atoms with van der Waals surface area (Å²) < 4.78 is 2.72. The van der Waals surface area contributed by atoms with Crippen LogP contribution in [0, 0.1) is 0 Å². The quantitative estimate of drug-likeness (QED) is 0.919. The minimum atomic E-state index is -0.956. The van der Waals surface area contributed by atoms with Crippen molar-refractivity contribution < 1.29 is 5.11 Å². The highest BCUT2D eigenvalue weighted by atomic mass is 79.9. The molecule has 0 saturated heterocycles. The molecule has 1 aromatic heterocycles. The molecule has 2 rings (SSSR count). The Labute approximate surface area is 126 Å². The van der Waals surface area contributed by atoms with Crippen LogP contribution in [0.25, 0.3) is 0 Å². The Hall–Kier alpha value is -0.840. The summed E-state index contributed by atoms with van der Waals surface area (Å²) in [6.45, 7) is 1.79. The monoisotopic (exact) mass is 342 g/mol. The molecule has 1 heterocycles. The fourth-order valence-electron chi connectivity index (χ4n) is 2.08. The highest BCUT2D eigenvalue weighted by Gasteiger charge is 2.25. The van der Waals surface area contributed by atoms with Gasteiger partial charge in [-0.05, 0) is 38.0 Å². The van der Waals surface area contributed by atoms with Gasteiger partial charge in [0.2, 0.25) is 0 Å². The lowest BCUT2D eigenvalue weighted by molar-refractivity contribution is 0.0477. The van der Waals surface area contributed by atoms with Crippen LogP contribution in [0.3, 0.4) is 0 Å². The standard InChI is InChI=1S/C14H16BrClN2O/c1-14(19,7-5-11-6-8-17-18(11)2)12-4-3-10(15)9-13(12)16/h3-4,6,8-9,19H,5,7H2,1-2H3. The fourth-order valence-corrected chi connectivity index (χ4v) is 2.96. The van der Waals surface area contributed by atoms with Gasteiger partial charge in [-0.3, -0.25) is 4.68 Å². The molecule has 102 valence electrons. The molecule has 0 spiro atoms. The van der Waals surface area contributed by atoms with Gasteiger partial charge in [-0.1, -0.05) is 33.6 Å². The van der Waals surface area contributed by atoms with Gasteiger partial charge in [-0.15, -0.1) is 0 Å². The lowest BCUT2D eigenvalue weighted by atomic mass is 9.90. The zero-order valence-corrected chi connectivity index (χ0v) is 13.2. The van der Waals surface area contributed by atoms with E-state index in [2.05, 4.69) is 21.0 Å². The van der Waals surface area contributed by atoms with Crippen molar-refractivity contribution in [2.75, 3.05) is 0 Å². The average molecular weight is 344 g/mol. The Bertz CT molecular complexity index is 581. The Morgan fingerprint density at radius 3 is 2.74 bits per heavy atom.